The molecule has 0 saturated heterocycles. The largest absolute Gasteiger partial charge is 0.495 e. The average Bonchev–Trinajstić information content (AvgIpc) is 3.35. The fraction of sp³-hybridized carbons (Fsp3) is 0.316. The number of amides is 1. The Morgan fingerprint density at radius 3 is 2.44 bits per heavy atom. The molecule has 1 N–H and O–H groups in total. The van der Waals surface area contributed by atoms with Crippen LogP contribution in [0.3, 0.4) is 0 Å². The molecule has 0 radical (unpaired) electrons. The van der Waals surface area contributed by atoms with Crippen molar-refractivity contribution in [2.24, 2.45) is 5.92 Å². The van der Waals surface area contributed by atoms with Crippen LogP contribution < -0.4 is 10.1 Å². The standard InChI is InChI=1S/C19H18F3NO2/c1-11-3-8-17(25-2)16(9-11)23-18(24)15-10-14(15)12-4-6-13(7-5-12)19(20,21)22/h3-9,14-15H,10H2,1-2H3,(H,23,24). The van der Waals surface area contributed by atoms with Gasteiger partial charge in [0.2, 0.25) is 5.91 Å². The number of carbonyl (C=O) groups is 1. The van der Waals surface area contributed by atoms with Gasteiger partial charge >= 0.3 is 6.18 Å². The molecule has 2 aromatic rings. The normalized spacial score (nSPS) is 19.4. The second kappa shape index (κ2) is 6.43. The zero-order chi connectivity index (χ0) is 18.2. The monoisotopic (exact) mass is 349 g/mol. The summed E-state index contributed by atoms with van der Waals surface area (Å²) in [6.45, 7) is 1.91. The molecule has 1 fully saturated rings. The van der Waals surface area contributed by atoms with E-state index in [1.165, 1.54) is 19.2 Å². The maximum Gasteiger partial charge on any atom is 0.416 e. The molecule has 6 heteroatoms. The summed E-state index contributed by atoms with van der Waals surface area (Å²) >= 11 is 0. The van der Waals surface area contributed by atoms with E-state index in [4.69, 9.17) is 4.74 Å². The summed E-state index contributed by atoms with van der Waals surface area (Å²) < 4.78 is 43.1. The summed E-state index contributed by atoms with van der Waals surface area (Å²) in [5.41, 5.74) is 1.67. The van der Waals surface area contributed by atoms with Gasteiger partial charge in [0.25, 0.3) is 0 Å². The van der Waals surface area contributed by atoms with Gasteiger partial charge in [-0.1, -0.05) is 18.2 Å². The van der Waals surface area contributed by atoms with Crippen LogP contribution >= 0.6 is 0 Å². The van der Waals surface area contributed by atoms with Crippen LogP contribution in [-0.4, -0.2) is 13.0 Å². The second-order valence-electron chi connectivity index (χ2n) is 6.26. The van der Waals surface area contributed by atoms with Gasteiger partial charge in [0, 0.05) is 5.92 Å². The quantitative estimate of drug-likeness (QED) is 0.864. The van der Waals surface area contributed by atoms with Gasteiger partial charge in [0.1, 0.15) is 5.75 Å². The predicted octanol–water partition coefficient (Wildman–Crippen LogP) is 4.76. The fourth-order valence-electron chi connectivity index (χ4n) is 2.92. The molecule has 2 aromatic carbocycles. The molecular formula is C19H18F3NO2. The summed E-state index contributed by atoms with van der Waals surface area (Å²) in [6, 6.07) is 10.5. The molecule has 2 unspecified atom stereocenters. The summed E-state index contributed by atoms with van der Waals surface area (Å²) in [7, 11) is 1.53. The number of methoxy groups -OCH3 is 1. The van der Waals surface area contributed by atoms with E-state index in [1.807, 2.05) is 19.1 Å². The number of rotatable bonds is 4. The third-order valence-electron chi connectivity index (χ3n) is 4.41. The molecule has 25 heavy (non-hydrogen) atoms. The molecule has 0 bridgehead atoms. The third-order valence-corrected chi connectivity index (χ3v) is 4.41. The lowest BCUT2D eigenvalue weighted by Crippen LogP contribution is -2.15. The van der Waals surface area contributed by atoms with Crippen LogP contribution in [0, 0.1) is 12.8 Å². The summed E-state index contributed by atoms with van der Waals surface area (Å²) in [5.74, 6) is 0.152. The average molecular weight is 349 g/mol. The van der Waals surface area contributed by atoms with Crippen LogP contribution in [0.1, 0.15) is 29.0 Å². The van der Waals surface area contributed by atoms with E-state index < -0.39 is 11.7 Å². The topological polar surface area (TPSA) is 38.3 Å². The van der Waals surface area contributed by atoms with Gasteiger partial charge < -0.3 is 10.1 Å². The number of alkyl halides is 3. The van der Waals surface area contributed by atoms with Crippen molar-refractivity contribution in [3.8, 4) is 5.75 Å². The number of carbonyl (C=O) groups excluding carboxylic acids is 1. The minimum absolute atomic E-state index is 0.0434. The van der Waals surface area contributed by atoms with E-state index in [9.17, 15) is 18.0 Å². The van der Waals surface area contributed by atoms with E-state index in [0.29, 0.717) is 17.9 Å². The van der Waals surface area contributed by atoms with Gasteiger partial charge in [-0.3, -0.25) is 4.79 Å². The number of halogens is 3. The van der Waals surface area contributed by atoms with Crippen LogP contribution in [-0.2, 0) is 11.0 Å². The van der Waals surface area contributed by atoms with Gasteiger partial charge in [-0.2, -0.15) is 13.2 Å². The molecular weight excluding hydrogens is 331 g/mol. The van der Waals surface area contributed by atoms with E-state index in [-0.39, 0.29) is 17.7 Å². The Morgan fingerprint density at radius 1 is 1.16 bits per heavy atom. The first-order chi connectivity index (χ1) is 11.8. The molecule has 2 atom stereocenters. The molecule has 1 aliphatic rings. The Balaban J connectivity index is 1.67. The molecule has 132 valence electrons. The van der Waals surface area contributed by atoms with Crippen LogP contribution in [0.25, 0.3) is 0 Å². The number of aryl methyl sites for hydroxylation is 1. The van der Waals surface area contributed by atoms with Crippen molar-refractivity contribution >= 4 is 11.6 Å². The molecule has 0 heterocycles. The van der Waals surface area contributed by atoms with Crippen molar-refractivity contribution < 1.29 is 22.7 Å². The minimum Gasteiger partial charge on any atom is -0.495 e. The summed E-state index contributed by atoms with van der Waals surface area (Å²) in [6.07, 6.45) is -3.72. The van der Waals surface area contributed by atoms with Crippen molar-refractivity contribution in [3.63, 3.8) is 0 Å². The van der Waals surface area contributed by atoms with Crippen molar-refractivity contribution in [1.29, 1.82) is 0 Å². The highest BCUT2D eigenvalue weighted by molar-refractivity contribution is 5.96. The lowest BCUT2D eigenvalue weighted by atomic mass is 10.1. The molecule has 0 spiro atoms. The van der Waals surface area contributed by atoms with Crippen LogP contribution in [0.4, 0.5) is 18.9 Å². The molecule has 3 nitrogen and oxygen atoms in total. The zero-order valence-corrected chi connectivity index (χ0v) is 13.9. The first-order valence-electron chi connectivity index (χ1n) is 7.92. The summed E-state index contributed by atoms with van der Waals surface area (Å²) in [4.78, 5) is 12.4. The van der Waals surface area contributed by atoms with Crippen molar-refractivity contribution in [1.82, 2.24) is 0 Å². The van der Waals surface area contributed by atoms with Crippen LogP contribution in [0.2, 0.25) is 0 Å². The van der Waals surface area contributed by atoms with Crippen molar-refractivity contribution in [2.45, 2.75) is 25.4 Å². The number of hydrogen-bond acceptors (Lipinski definition) is 2. The van der Waals surface area contributed by atoms with Crippen LogP contribution in [0.5, 0.6) is 5.75 Å². The predicted molar refractivity (Wildman–Crippen MR) is 88.7 cm³/mol. The molecule has 0 aliphatic heterocycles. The van der Waals surface area contributed by atoms with Crippen molar-refractivity contribution in [2.75, 3.05) is 12.4 Å². The van der Waals surface area contributed by atoms with Gasteiger partial charge in [0.15, 0.2) is 0 Å². The molecule has 0 aromatic heterocycles. The highest BCUT2D eigenvalue weighted by Crippen LogP contribution is 2.48. The van der Waals surface area contributed by atoms with E-state index in [2.05, 4.69) is 5.32 Å². The number of benzene rings is 2. The molecule has 1 amide bonds. The Bertz CT molecular complexity index is 784. The van der Waals surface area contributed by atoms with E-state index in [0.717, 1.165) is 23.3 Å². The second-order valence-corrected chi connectivity index (χ2v) is 6.26. The third kappa shape index (κ3) is 3.78. The van der Waals surface area contributed by atoms with Gasteiger partial charge in [-0.25, -0.2) is 0 Å². The van der Waals surface area contributed by atoms with E-state index >= 15 is 0 Å². The highest BCUT2D eigenvalue weighted by Gasteiger charge is 2.44. The number of hydrogen-bond donors (Lipinski definition) is 1. The Labute approximate surface area is 143 Å². The maximum atomic E-state index is 12.6. The smallest absolute Gasteiger partial charge is 0.416 e. The first-order valence-corrected chi connectivity index (χ1v) is 7.92. The van der Waals surface area contributed by atoms with E-state index in [1.54, 1.807) is 6.07 Å². The zero-order valence-electron chi connectivity index (χ0n) is 13.9. The fourth-order valence-corrected chi connectivity index (χ4v) is 2.92. The molecule has 1 aliphatic carbocycles. The molecule has 3 rings (SSSR count). The number of nitrogens with one attached hydrogen (secondary N) is 1. The van der Waals surface area contributed by atoms with Gasteiger partial charge in [-0.15, -0.1) is 0 Å². The lowest BCUT2D eigenvalue weighted by Gasteiger charge is -2.11. The lowest BCUT2D eigenvalue weighted by molar-refractivity contribution is -0.137. The molecule has 1 saturated carbocycles. The number of ether oxygens (including phenoxy) is 1. The highest BCUT2D eigenvalue weighted by atomic mass is 19.4. The first kappa shape index (κ1) is 17.3. The maximum absolute atomic E-state index is 12.6. The summed E-state index contributed by atoms with van der Waals surface area (Å²) in [5, 5.41) is 2.86. The Hall–Kier alpha value is -2.50. The SMILES string of the molecule is COc1ccc(C)cc1NC(=O)C1CC1c1ccc(C(F)(F)F)cc1. The van der Waals surface area contributed by atoms with Gasteiger partial charge in [0.05, 0.1) is 18.4 Å². The Morgan fingerprint density at radius 2 is 1.84 bits per heavy atom. The number of anilines is 1. The van der Waals surface area contributed by atoms with Crippen LogP contribution in [0.15, 0.2) is 42.5 Å². The van der Waals surface area contributed by atoms with Gasteiger partial charge in [-0.05, 0) is 54.7 Å². The van der Waals surface area contributed by atoms with Crippen molar-refractivity contribution in [3.05, 3.63) is 59.2 Å². The Kier molecular flexibility index (Phi) is 4.45. The minimum atomic E-state index is -4.35.